The fourth-order valence-corrected chi connectivity index (χ4v) is 9.16. The molecule has 1 aromatic carbocycles. The van der Waals surface area contributed by atoms with Gasteiger partial charge in [0.2, 0.25) is 15.8 Å². The summed E-state index contributed by atoms with van der Waals surface area (Å²) >= 11 is 1.39. The van der Waals surface area contributed by atoms with Crippen LogP contribution in [0.15, 0.2) is 58.7 Å². The number of ketones is 1. The van der Waals surface area contributed by atoms with Crippen molar-refractivity contribution in [1.29, 1.82) is 0 Å². The van der Waals surface area contributed by atoms with Crippen molar-refractivity contribution >= 4 is 33.2 Å². The highest BCUT2D eigenvalue weighted by atomic mass is 32.2. The van der Waals surface area contributed by atoms with Crippen LogP contribution >= 0.6 is 11.3 Å². The molecule has 0 aliphatic heterocycles. The number of hydrogen-bond acceptors (Lipinski definition) is 7. The summed E-state index contributed by atoms with van der Waals surface area (Å²) in [7, 11) is -2.13. The van der Waals surface area contributed by atoms with E-state index in [2.05, 4.69) is 10.2 Å². The summed E-state index contributed by atoms with van der Waals surface area (Å²) in [6.07, 6.45) is 10.8. The van der Waals surface area contributed by atoms with Crippen LogP contribution in [0.2, 0.25) is 0 Å². The van der Waals surface area contributed by atoms with Gasteiger partial charge in [-0.15, -0.1) is 11.3 Å². The van der Waals surface area contributed by atoms with Gasteiger partial charge in [0.05, 0.1) is 34.9 Å². The highest BCUT2D eigenvalue weighted by molar-refractivity contribution is 7.89. The number of halogens is 1. The summed E-state index contributed by atoms with van der Waals surface area (Å²) < 4.78 is 46.0. The van der Waals surface area contributed by atoms with Gasteiger partial charge in [-0.2, -0.15) is 14.5 Å². The van der Waals surface area contributed by atoms with E-state index in [-0.39, 0.29) is 29.1 Å². The van der Waals surface area contributed by atoms with E-state index in [0.717, 1.165) is 41.1 Å². The van der Waals surface area contributed by atoms with Crippen LogP contribution in [0.5, 0.6) is 0 Å². The summed E-state index contributed by atoms with van der Waals surface area (Å²) in [4.78, 5) is 19.5. The maximum atomic E-state index is 14.6. The lowest BCUT2D eigenvalue weighted by atomic mass is 9.61. The number of hydrogen-bond donors (Lipinski definition) is 0. The minimum absolute atomic E-state index is 0.0506. The number of Topliss-reactive ketones (excluding diaryl/α,β-unsaturated/α-hetero) is 1. The molecule has 2 atom stereocenters. The Kier molecular flexibility index (Phi) is 6.55. The van der Waals surface area contributed by atoms with Gasteiger partial charge in [0.15, 0.2) is 5.01 Å². The fraction of sp³-hybridized carbons (Fsp3) is 0.400. The lowest BCUT2D eigenvalue weighted by molar-refractivity contribution is 0.0744. The molecule has 3 heterocycles. The van der Waals surface area contributed by atoms with Gasteiger partial charge < -0.3 is 0 Å². The normalized spacial score (nSPS) is 22.1. The van der Waals surface area contributed by atoms with E-state index in [1.165, 1.54) is 44.9 Å². The number of carbonyl (C=O) groups is 1. The number of fused-ring (bicyclic) bond motifs is 2. The van der Waals surface area contributed by atoms with Crippen molar-refractivity contribution in [3.8, 4) is 5.69 Å². The SMILES string of the molecule is CCN([C@H]1CCC2=Cc3c(cnn3-c3ccc(F)cc3)C[C@]2(C(=O)c2nc(C3CC3)cs2)C1)S(=O)(=O)c1cnn(C)c1. The molecule has 0 bridgehead atoms. The molecule has 0 N–H and O–H groups in total. The smallest absolute Gasteiger partial charge is 0.246 e. The maximum absolute atomic E-state index is 14.6. The van der Waals surface area contributed by atoms with Gasteiger partial charge in [0.25, 0.3) is 0 Å². The summed E-state index contributed by atoms with van der Waals surface area (Å²) in [6.45, 7) is 2.12. The number of aryl methyl sites for hydroxylation is 1. The molecule has 9 nitrogen and oxygen atoms in total. The first-order valence-corrected chi connectivity index (χ1v) is 16.6. The molecule has 3 aliphatic carbocycles. The van der Waals surface area contributed by atoms with Gasteiger partial charge in [0.1, 0.15) is 10.7 Å². The standard InChI is InChI=1S/C30H31FN6O3S2/c1-3-36(42(39,40)25-16-32-35(2)17-25)24-9-6-21-12-27-20(15-33-37(27)23-10-7-22(31)8-11-23)13-30(21,14-24)28(38)29-34-26(18-41-29)19-4-5-19/h7-8,10-12,15-19,24H,3-6,9,13-14H2,1-2H3/t24-,30-/m0/s1. The van der Waals surface area contributed by atoms with Crippen LogP contribution < -0.4 is 0 Å². The van der Waals surface area contributed by atoms with Gasteiger partial charge in [0, 0.05) is 37.1 Å². The Balaban J connectivity index is 1.30. The van der Waals surface area contributed by atoms with E-state index in [9.17, 15) is 17.6 Å². The summed E-state index contributed by atoms with van der Waals surface area (Å²) in [6, 6.07) is 5.80. The van der Waals surface area contributed by atoms with Crippen LogP contribution in [0.25, 0.3) is 11.8 Å². The highest BCUT2D eigenvalue weighted by Crippen LogP contribution is 2.52. The second-order valence-electron chi connectivity index (χ2n) is 11.5. The number of sulfonamides is 1. The lowest BCUT2D eigenvalue weighted by Gasteiger charge is -2.46. The first kappa shape index (κ1) is 27.4. The van der Waals surface area contributed by atoms with Crippen LogP contribution in [-0.4, -0.2) is 55.6 Å². The van der Waals surface area contributed by atoms with Crippen molar-refractivity contribution in [3.63, 3.8) is 0 Å². The van der Waals surface area contributed by atoms with Crippen molar-refractivity contribution in [2.45, 2.75) is 62.3 Å². The van der Waals surface area contributed by atoms with Crippen LogP contribution in [-0.2, 0) is 23.5 Å². The topological polar surface area (TPSA) is 103 Å². The third-order valence-electron chi connectivity index (χ3n) is 8.86. The van der Waals surface area contributed by atoms with E-state index in [1.54, 1.807) is 30.1 Å². The molecule has 42 heavy (non-hydrogen) atoms. The molecule has 0 spiro atoms. The predicted octanol–water partition coefficient (Wildman–Crippen LogP) is 5.15. The Bertz CT molecular complexity index is 1820. The molecule has 2 saturated carbocycles. The third kappa shape index (κ3) is 4.47. The summed E-state index contributed by atoms with van der Waals surface area (Å²) in [5.74, 6) is 0.0590. The zero-order valence-electron chi connectivity index (χ0n) is 23.4. The van der Waals surface area contributed by atoms with E-state index >= 15 is 0 Å². The minimum Gasteiger partial charge on any atom is -0.290 e. The first-order chi connectivity index (χ1) is 20.2. The molecular weight excluding hydrogens is 576 g/mol. The molecule has 0 amide bonds. The molecule has 3 aliphatic rings. The number of carbonyl (C=O) groups excluding carboxylic acids is 1. The van der Waals surface area contributed by atoms with Crippen LogP contribution in [0, 0.1) is 11.2 Å². The molecular formula is C30H31FN6O3S2. The van der Waals surface area contributed by atoms with Crippen molar-refractivity contribution in [3.05, 3.63) is 81.6 Å². The number of benzene rings is 1. The van der Waals surface area contributed by atoms with Gasteiger partial charge in [-0.1, -0.05) is 12.5 Å². The summed E-state index contributed by atoms with van der Waals surface area (Å²) in [5, 5.41) is 11.2. The van der Waals surface area contributed by atoms with E-state index in [1.807, 2.05) is 18.4 Å². The molecule has 218 valence electrons. The van der Waals surface area contributed by atoms with E-state index in [0.29, 0.717) is 36.6 Å². The minimum atomic E-state index is -3.82. The molecule has 4 aromatic rings. The summed E-state index contributed by atoms with van der Waals surface area (Å²) in [5.41, 5.74) is 3.51. The second kappa shape index (κ2) is 10.1. The Hall–Kier alpha value is -3.48. The molecule has 0 radical (unpaired) electrons. The molecule has 0 unspecified atom stereocenters. The zero-order chi connectivity index (χ0) is 29.2. The Morgan fingerprint density at radius 2 is 1.95 bits per heavy atom. The Labute approximate surface area is 247 Å². The van der Waals surface area contributed by atoms with Crippen molar-refractivity contribution in [1.82, 2.24) is 28.9 Å². The number of thiazole rings is 1. The highest BCUT2D eigenvalue weighted by Gasteiger charge is 2.52. The van der Waals surface area contributed by atoms with Crippen molar-refractivity contribution in [2.24, 2.45) is 12.5 Å². The van der Waals surface area contributed by atoms with Crippen LogP contribution in [0.1, 0.15) is 71.7 Å². The number of aromatic nitrogens is 5. The van der Waals surface area contributed by atoms with Crippen LogP contribution in [0.3, 0.4) is 0 Å². The number of allylic oxidation sites excluding steroid dienone is 1. The monoisotopic (exact) mass is 606 g/mol. The zero-order valence-corrected chi connectivity index (χ0v) is 25.0. The third-order valence-corrected chi connectivity index (χ3v) is 11.7. The van der Waals surface area contributed by atoms with Gasteiger partial charge >= 0.3 is 0 Å². The lowest BCUT2D eigenvalue weighted by Crippen LogP contribution is -2.50. The fourth-order valence-electron chi connectivity index (χ4n) is 6.57. The quantitative estimate of drug-likeness (QED) is 0.257. The average Bonchev–Trinajstić information content (AvgIpc) is 3.34. The maximum Gasteiger partial charge on any atom is 0.246 e. The molecule has 3 aromatic heterocycles. The average molecular weight is 607 g/mol. The van der Waals surface area contributed by atoms with Gasteiger partial charge in [-0.3, -0.25) is 9.48 Å². The van der Waals surface area contributed by atoms with E-state index < -0.39 is 15.4 Å². The second-order valence-corrected chi connectivity index (χ2v) is 14.3. The Morgan fingerprint density at radius 1 is 1.17 bits per heavy atom. The van der Waals surface area contributed by atoms with Crippen molar-refractivity contribution in [2.75, 3.05) is 6.54 Å². The van der Waals surface area contributed by atoms with Crippen LogP contribution in [0.4, 0.5) is 4.39 Å². The molecule has 12 heteroatoms. The first-order valence-electron chi connectivity index (χ1n) is 14.2. The molecule has 0 saturated heterocycles. The number of nitrogens with zero attached hydrogens (tertiary/aromatic N) is 6. The Morgan fingerprint density at radius 3 is 2.64 bits per heavy atom. The van der Waals surface area contributed by atoms with E-state index in [4.69, 9.17) is 4.98 Å². The largest absolute Gasteiger partial charge is 0.290 e. The van der Waals surface area contributed by atoms with Gasteiger partial charge in [-0.05, 0) is 74.4 Å². The van der Waals surface area contributed by atoms with Crippen molar-refractivity contribution < 1.29 is 17.6 Å². The number of rotatable bonds is 8. The molecule has 2 fully saturated rings. The van der Waals surface area contributed by atoms with Gasteiger partial charge in [-0.25, -0.2) is 22.5 Å². The molecule has 7 rings (SSSR count). The predicted molar refractivity (Wildman–Crippen MR) is 156 cm³/mol.